The highest BCUT2D eigenvalue weighted by atomic mass is 19.4. The number of Topliss-reactive ketones (excluding diaryl/α,β-unsaturated/α-hetero) is 1. The van der Waals surface area contributed by atoms with Crippen molar-refractivity contribution in [3.05, 3.63) is 71.1 Å². The number of ketones is 1. The zero-order valence-electron chi connectivity index (χ0n) is 13.2. The first-order chi connectivity index (χ1) is 12.5. The van der Waals surface area contributed by atoms with Gasteiger partial charge in [-0.3, -0.25) is 4.79 Å². The largest absolute Gasteiger partial charge is 0.417 e. The van der Waals surface area contributed by atoms with Gasteiger partial charge in [0, 0.05) is 18.0 Å². The topological polar surface area (TPSA) is 65.8 Å². The number of pyridine rings is 1. The lowest BCUT2D eigenvalue weighted by molar-refractivity contribution is -0.138. The predicted molar refractivity (Wildman–Crippen MR) is 82.3 cm³/mol. The summed E-state index contributed by atoms with van der Waals surface area (Å²) in [5.41, 5.74) is -2.95. The van der Waals surface area contributed by atoms with Gasteiger partial charge in [-0.2, -0.15) is 31.6 Å². The van der Waals surface area contributed by atoms with Crippen LogP contribution in [0, 0.1) is 11.3 Å². The van der Waals surface area contributed by atoms with Crippen molar-refractivity contribution in [2.24, 2.45) is 0 Å². The van der Waals surface area contributed by atoms with Gasteiger partial charge in [-0.15, -0.1) is 0 Å². The van der Waals surface area contributed by atoms with Crippen molar-refractivity contribution in [2.75, 3.05) is 5.32 Å². The van der Waals surface area contributed by atoms with Crippen LogP contribution in [0.25, 0.3) is 0 Å². The molecule has 0 radical (unpaired) electrons. The lowest BCUT2D eigenvalue weighted by atomic mass is 10.0. The molecule has 2 rings (SSSR count). The fraction of sp³-hybridized carbons (Fsp3) is 0.118. The SMILES string of the molecule is N#C/C(=C\Nc1ccc(C(F)(F)F)cn1)C(=O)c1cccc(C(F)(F)F)c1. The molecule has 0 amide bonds. The van der Waals surface area contributed by atoms with Crippen LogP contribution in [0.2, 0.25) is 0 Å². The number of halogens is 6. The molecule has 0 aliphatic heterocycles. The molecule has 1 aromatic carbocycles. The van der Waals surface area contributed by atoms with Crippen molar-refractivity contribution >= 4 is 11.6 Å². The molecule has 140 valence electrons. The fourth-order valence-electron chi connectivity index (χ4n) is 1.93. The van der Waals surface area contributed by atoms with Gasteiger partial charge < -0.3 is 5.32 Å². The summed E-state index contributed by atoms with van der Waals surface area (Å²) in [7, 11) is 0. The Morgan fingerprint density at radius 1 is 1.04 bits per heavy atom. The summed E-state index contributed by atoms with van der Waals surface area (Å²) in [6, 6.07) is 6.75. The van der Waals surface area contributed by atoms with Crippen LogP contribution < -0.4 is 5.32 Å². The standard InChI is InChI=1S/C17H9F6N3O/c18-16(19,20)12-3-1-2-10(6-12)15(27)11(7-24)8-25-14-5-4-13(9-26-14)17(21,22)23/h1-6,8-9H,(H,25,26)/b11-8+. The Hall–Kier alpha value is -3.35. The number of nitrogens with one attached hydrogen (secondary N) is 1. The quantitative estimate of drug-likeness (QED) is 0.355. The molecule has 0 atom stereocenters. The van der Waals surface area contributed by atoms with Crippen molar-refractivity contribution in [3.63, 3.8) is 0 Å². The van der Waals surface area contributed by atoms with Gasteiger partial charge in [0.1, 0.15) is 17.5 Å². The molecular weight excluding hydrogens is 376 g/mol. The first-order valence-corrected chi connectivity index (χ1v) is 7.14. The van der Waals surface area contributed by atoms with Crippen molar-refractivity contribution < 1.29 is 31.1 Å². The highest BCUT2D eigenvalue weighted by Gasteiger charge is 2.31. The summed E-state index contributed by atoms with van der Waals surface area (Å²) in [5.74, 6) is -1.07. The molecule has 0 saturated carbocycles. The van der Waals surface area contributed by atoms with E-state index in [4.69, 9.17) is 5.26 Å². The van der Waals surface area contributed by atoms with E-state index in [0.717, 1.165) is 36.5 Å². The molecular formula is C17H9F6N3O. The van der Waals surface area contributed by atoms with Crippen LogP contribution in [-0.4, -0.2) is 10.8 Å². The Morgan fingerprint density at radius 2 is 1.70 bits per heavy atom. The lowest BCUT2D eigenvalue weighted by Gasteiger charge is -2.08. The summed E-state index contributed by atoms with van der Waals surface area (Å²) < 4.78 is 75.5. The van der Waals surface area contributed by atoms with Crippen molar-refractivity contribution in [1.82, 2.24) is 4.98 Å². The third kappa shape index (κ3) is 5.07. The van der Waals surface area contributed by atoms with E-state index < -0.39 is 34.8 Å². The van der Waals surface area contributed by atoms with Gasteiger partial charge in [0.2, 0.25) is 5.78 Å². The third-order valence-electron chi connectivity index (χ3n) is 3.27. The van der Waals surface area contributed by atoms with Gasteiger partial charge in [0.15, 0.2) is 0 Å². The molecule has 10 heteroatoms. The van der Waals surface area contributed by atoms with E-state index in [-0.39, 0.29) is 11.4 Å². The average Bonchev–Trinajstić information content (AvgIpc) is 2.61. The summed E-state index contributed by atoms with van der Waals surface area (Å²) in [5, 5.41) is 11.4. The summed E-state index contributed by atoms with van der Waals surface area (Å²) in [6.07, 6.45) is -7.82. The minimum Gasteiger partial charge on any atom is -0.345 e. The molecule has 0 aliphatic carbocycles. The fourth-order valence-corrected chi connectivity index (χ4v) is 1.93. The number of benzene rings is 1. The number of carbonyl (C=O) groups is 1. The number of hydrogen-bond acceptors (Lipinski definition) is 4. The minimum atomic E-state index is -4.66. The van der Waals surface area contributed by atoms with E-state index in [1.54, 1.807) is 0 Å². The number of nitriles is 1. The second-order valence-corrected chi connectivity index (χ2v) is 5.15. The van der Waals surface area contributed by atoms with Gasteiger partial charge in [-0.25, -0.2) is 4.98 Å². The lowest BCUT2D eigenvalue weighted by Crippen LogP contribution is -2.09. The van der Waals surface area contributed by atoms with Crippen molar-refractivity contribution in [3.8, 4) is 6.07 Å². The zero-order chi connectivity index (χ0) is 20.2. The van der Waals surface area contributed by atoms with E-state index in [1.165, 1.54) is 6.07 Å². The molecule has 27 heavy (non-hydrogen) atoms. The van der Waals surface area contributed by atoms with Crippen molar-refractivity contribution in [2.45, 2.75) is 12.4 Å². The first-order valence-electron chi connectivity index (χ1n) is 7.14. The van der Waals surface area contributed by atoms with E-state index in [0.29, 0.717) is 12.3 Å². The number of allylic oxidation sites excluding steroid dienone is 1. The molecule has 0 spiro atoms. The van der Waals surface area contributed by atoms with Crippen LogP contribution in [0.4, 0.5) is 32.2 Å². The van der Waals surface area contributed by atoms with E-state index in [9.17, 15) is 31.1 Å². The monoisotopic (exact) mass is 385 g/mol. The molecule has 0 unspecified atom stereocenters. The third-order valence-corrected chi connectivity index (χ3v) is 3.27. The van der Waals surface area contributed by atoms with E-state index >= 15 is 0 Å². The number of nitrogens with zero attached hydrogens (tertiary/aromatic N) is 2. The Morgan fingerprint density at radius 3 is 2.22 bits per heavy atom. The molecule has 2 aromatic rings. The highest BCUT2D eigenvalue weighted by Crippen LogP contribution is 2.30. The van der Waals surface area contributed by atoms with Gasteiger partial charge in [0.25, 0.3) is 0 Å². The summed E-state index contributed by atoms with van der Waals surface area (Å²) in [6.45, 7) is 0. The Balaban J connectivity index is 2.21. The number of carbonyl (C=O) groups excluding carboxylic acids is 1. The van der Waals surface area contributed by atoms with Gasteiger partial charge in [-0.05, 0) is 24.3 Å². The van der Waals surface area contributed by atoms with Crippen LogP contribution >= 0.6 is 0 Å². The number of rotatable bonds is 4. The Kier molecular flexibility index (Phi) is 5.54. The molecule has 1 aromatic heterocycles. The molecule has 0 aliphatic rings. The Bertz CT molecular complexity index is 908. The molecule has 0 fully saturated rings. The van der Waals surface area contributed by atoms with Crippen LogP contribution in [0.5, 0.6) is 0 Å². The minimum absolute atomic E-state index is 0.0902. The van der Waals surface area contributed by atoms with Crippen LogP contribution in [0.3, 0.4) is 0 Å². The number of aromatic nitrogens is 1. The van der Waals surface area contributed by atoms with Crippen LogP contribution in [0.1, 0.15) is 21.5 Å². The number of hydrogen-bond donors (Lipinski definition) is 1. The molecule has 4 nitrogen and oxygen atoms in total. The van der Waals surface area contributed by atoms with Gasteiger partial charge >= 0.3 is 12.4 Å². The number of alkyl halides is 6. The summed E-state index contributed by atoms with van der Waals surface area (Å²) >= 11 is 0. The van der Waals surface area contributed by atoms with Crippen molar-refractivity contribution in [1.29, 1.82) is 5.26 Å². The average molecular weight is 385 g/mol. The van der Waals surface area contributed by atoms with Crippen LogP contribution in [0.15, 0.2) is 54.4 Å². The van der Waals surface area contributed by atoms with E-state index in [2.05, 4.69) is 10.3 Å². The number of anilines is 1. The molecule has 1 heterocycles. The molecule has 0 saturated heterocycles. The molecule has 0 bridgehead atoms. The van der Waals surface area contributed by atoms with E-state index in [1.807, 2.05) is 0 Å². The Labute approximate surface area is 148 Å². The second kappa shape index (κ2) is 7.49. The maximum absolute atomic E-state index is 12.7. The first kappa shape index (κ1) is 20.0. The maximum Gasteiger partial charge on any atom is 0.417 e. The van der Waals surface area contributed by atoms with Gasteiger partial charge in [-0.1, -0.05) is 12.1 Å². The normalized spacial score (nSPS) is 12.4. The highest BCUT2D eigenvalue weighted by molar-refractivity contribution is 6.11. The van der Waals surface area contributed by atoms with Gasteiger partial charge in [0.05, 0.1) is 11.1 Å². The zero-order valence-corrected chi connectivity index (χ0v) is 13.2. The second-order valence-electron chi connectivity index (χ2n) is 5.15. The predicted octanol–water partition coefficient (Wildman–Crippen LogP) is 4.82. The summed E-state index contributed by atoms with van der Waals surface area (Å²) in [4.78, 5) is 15.7. The van der Waals surface area contributed by atoms with Crippen LogP contribution in [-0.2, 0) is 12.4 Å². The maximum atomic E-state index is 12.7. The smallest absolute Gasteiger partial charge is 0.345 e. The molecule has 1 N–H and O–H groups in total.